The van der Waals surface area contributed by atoms with Gasteiger partial charge in [-0.15, -0.1) is 22.7 Å². The number of hydrogen-bond acceptors (Lipinski definition) is 4. The van der Waals surface area contributed by atoms with Gasteiger partial charge in [-0.3, -0.25) is 0 Å². The third-order valence-corrected chi connectivity index (χ3v) is 5.86. The monoisotopic (exact) mass is 330 g/mol. The first-order valence-electron chi connectivity index (χ1n) is 7.26. The number of hydrogen-bond donors (Lipinski definition) is 0. The van der Waals surface area contributed by atoms with Crippen LogP contribution in [-0.4, -0.2) is 13.2 Å². The Morgan fingerprint density at radius 3 is 2.41 bits per heavy atom. The molecule has 0 spiro atoms. The average Bonchev–Trinajstić information content (AvgIpc) is 3.09. The molecule has 2 aromatic heterocycles. The van der Waals surface area contributed by atoms with Crippen LogP contribution in [0.4, 0.5) is 0 Å². The Morgan fingerprint density at radius 1 is 1.00 bits per heavy atom. The fourth-order valence-electron chi connectivity index (χ4n) is 2.53. The second kappa shape index (κ2) is 6.15. The molecule has 2 nitrogen and oxygen atoms in total. The highest BCUT2D eigenvalue weighted by molar-refractivity contribution is 7.28. The van der Waals surface area contributed by atoms with E-state index in [4.69, 9.17) is 9.47 Å². The third kappa shape index (κ3) is 2.32. The minimum Gasteiger partial charge on any atom is -0.493 e. The lowest BCUT2D eigenvalue weighted by molar-refractivity contribution is 0.333. The first kappa shape index (κ1) is 15.1. The minimum atomic E-state index is 0.624. The molecule has 0 unspecified atom stereocenters. The van der Waals surface area contributed by atoms with Gasteiger partial charge in [0.15, 0.2) is 0 Å². The predicted octanol–water partition coefficient (Wildman–Crippen LogP) is 6.20. The second-order valence-corrected chi connectivity index (χ2v) is 6.85. The Hall–Kier alpha value is -1.78. The van der Waals surface area contributed by atoms with Gasteiger partial charge >= 0.3 is 0 Å². The maximum atomic E-state index is 5.89. The van der Waals surface area contributed by atoms with E-state index in [2.05, 4.69) is 25.3 Å². The van der Waals surface area contributed by atoms with Crippen LogP contribution in [0.3, 0.4) is 0 Å². The van der Waals surface area contributed by atoms with Crippen LogP contribution < -0.4 is 9.47 Å². The smallest absolute Gasteiger partial charge is 0.148 e. The Balaban J connectivity index is 2.43. The molecule has 0 amide bonds. The number of thiophene rings is 2. The molecule has 22 heavy (non-hydrogen) atoms. The van der Waals surface area contributed by atoms with Crippen molar-refractivity contribution in [2.75, 3.05) is 13.2 Å². The van der Waals surface area contributed by atoms with Gasteiger partial charge in [0.1, 0.15) is 11.5 Å². The first-order valence-corrected chi connectivity index (χ1v) is 8.90. The van der Waals surface area contributed by atoms with Crippen LogP contribution >= 0.6 is 22.7 Å². The van der Waals surface area contributed by atoms with E-state index in [1.165, 1.54) is 14.8 Å². The minimum absolute atomic E-state index is 0.624. The zero-order chi connectivity index (χ0) is 15.7. The average molecular weight is 330 g/mol. The molecule has 0 radical (unpaired) electrons. The predicted molar refractivity (Wildman–Crippen MR) is 99.7 cm³/mol. The van der Waals surface area contributed by atoms with Crippen LogP contribution in [-0.2, 0) is 0 Å². The van der Waals surface area contributed by atoms with Crippen molar-refractivity contribution >= 4 is 55.0 Å². The fraction of sp³-hybridized carbons (Fsp3) is 0.222. The highest BCUT2D eigenvalue weighted by atomic mass is 32.1. The van der Waals surface area contributed by atoms with Crippen LogP contribution in [0.1, 0.15) is 23.6 Å². The molecule has 3 rings (SSSR count). The fourth-order valence-corrected chi connectivity index (χ4v) is 4.78. The van der Waals surface area contributed by atoms with Crippen LogP contribution in [0.2, 0.25) is 0 Å². The lowest BCUT2D eigenvalue weighted by atomic mass is 10.1. The van der Waals surface area contributed by atoms with Crippen molar-refractivity contribution in [1.82, 2.24) is 0 Å². The summed E-state index contributed by atoms with van der Waals surface area (Å²) in [4.78, 5) is 2.22. The topological polar surface area (TPSA) is 18.5 Å². The van der Waals surface area contributed by atoms with Gasteiger partial charge in [0.05, 0.1) is 32.9 Å². The molecular formula is C18H18O2S2. The van der Waals surface area contributed by atoms with E-state index in [-0.39, 0.29) is 0 Å². The SMILES string of the molecule is C=Cc1cc2cc(OCC)c3c(OCC)c(C=C)sc3c2s1. The second-order valence-electron chi connectivity index (χ2n) is 4.72. The van der Waals surface area contributed by atoms with Crippen molar-refractivity contribution in [3.63, 3.8) is 0 Å². The van der Waals surface area contributed by atoms with Crippen LogP contribution in [0, 0.1) is 0 Å². The van der Waals surface area contributed by atoms with E-state index < -0.39 is 0 Å². The quantitative estimate of drug-likeness (QED) is 0.536. The Kier molecular flexibility index (Phi) is 4.23. The Labute approximate surface area is 138 Å². The van der Waals surface area contributed by atoms with Crippen LogP contribution in [0.25, 0.3) is 32.3 Å². The van der Waals surface area contributed by atoms with Crippen LogP contribution in [0.5, 0.6) is 11.5 Å². The number of fused-ring (bicyclic) bond motifs is 3. The molecule has 0 saturated carbocycles. The molecular weight excluding hydrogens is 312 g/mol. The molecule has 0 fully saturated rings. The summed E-state index contributed by atoms with van der Waals surface area (Å²) in [5.74, 6) is 1.77. The summed E-state index contributed by atoms with van der Waals surface area (Å²) in [5, 5.41) is 2.25. The van der Waals surface area contributed by atoms with Crippen molar-refractivity contribution < 1.29 is 9.47 Å². The highest BCUT2D eigenvalue weighted by Crippen LogP contribution is 2.49. The largest absolute Gasteiger partial charge is 0.493 e. The van der Waals surface area contributed by atoms with E-state index in [1.807, 2.05) is 26.0 Å². The zero-order valence-electron chi connectivity index (χ0n) is 12.8. The van der Waals surface area contributed by atoms with E-state index in [9.17, 15) is 0 Å². The van der Waals surface area contributed by atoms with Gasteiger partial charge in [-0.05, 0) is 37.4 Å². The molecule has 0 aliphatic rings. The van der Waals surface area contributed by atoms with Crippen molar-refractivity contribution in [1.29, 1.82) is 0 Å². The van der Waals surface area contributed by atoms with Gasteiger partial charge in [0.25, 0.3) is 0 Å². The first-order chi connectivity index (χ1) is 10.7. The molecule has 0 atom stereocenters. The number of ether oxygens (including phenoxy) is 2. The summed E-state index contributed by atoms with van der Waals surface area (Å²) >= 11 is 3.46. The Bertz CT molecular complexity index is 855. The van der Waals surface area contributed by atoms with Gasteiger partial charge in [-0.2, -0.15) is 0 Å². The van der Waals surface area contributed by atoms with Gasteiger partial charge in [0, 0.05) is 4.88 Å². The molecule has 0 N–H and O–H groups in total. The summed E-state index contributed by atoms with van der Waals surface area (Å²) in [7, 11) is 0. The Morgan fingerprint density at radius 2 is 1.77 bits per heavy atom. The van der Waals surface area contributed by atoms with Gasteiger partial charge < -0.3 is 9.47 Å². The molecule has 3 aromatic rings. The molecule has 4 heteroatoms. The summed E-state index contributed by atoms with van der Waals surface area (Å²) < 4.78 is 14.2. The van der Waals surface area contributed by atoms with Crippen molar-refractivity contribution in [2.45, 2.75) is 13.8 Å². The van der Waals surface area contributed by atoms with E-state index in [0.29, 0.717) is 13.2 Å². The van der Waals surface area contributed by atoms with Crippen LogP contribution in [0.15, 0.2) is 25.3 Å². The zero-order valence-corrected chi connectivity index (χ0v) is 14.4. The standard InChI is InChI=1S/C18H18O2S2/c1-5-12-9-11-10-13(19-7-3)15-16(20-8-4)14(6-2)22-18(15)17(11)21-12/h5-6,9-10H,1-2,7-8H2,3-4H3. The summed E-state index contributed by atoms with van der Waals surface area (Å²) in [6.45, 7) is 13.0. The summed E-state index contributed by atoms with van der Waals surface area (Å²) in [6, 6.07) is 4.26. The van der Waals surface area contributed by atoms with Gasteiger partial charge in [0.2, 0.25) is 0 Å². The summed E-state index contributed by atoms with van der Waals surface area (Å²) in [6.07, 6.45) is 3.75. The van der Waals surface area contributed by atoms with E-state index in [1.54, 1.807) is 22.7 Å². The molecule has 0 bridgehead atoms. The van der Waals surface area contributed by atoms with Crippen molar-refractivity contribution in [2.24, 2.45) is 0 Å². The van der Waals surface area contributed by atoms with Crippen molar-refractivity contribution in [3.8, 4) is 11.5 Å². The maximum absolute atomic E-state index is 5.89. The van der Waals surface area contributed by atoms with Crippen molar-refractivity contribution in [3.05, 3.63) is 35.0 Å². The maximum Gasteiger partial charge on any atom is 0.148 e. The molecule has 0 saturated heterocycles. The molecule has 0 aliphatic carbocycles. The normalized spacial score (nSPS) is 11.0. The molecule has 2 heterocycles. The van der Waals surface area contributed by atoms with Gasteiger partial charge in [-0.25, -0.2) is 0 Å². The van der Waals surface area contributed by atoms with Gasteiger partial charge in [-0.1, -0.05) is 19.2 Å². The lowest BCUT2D eigenvalue weighted by Crippen LogP contribution is -1.95. The highest BCUT2D eigenvalue weighted by Gasteiger charge is 2.20. The molecule has 1 aromatic carbocycles. The molecule has 114 valence electrons. The summed E-state index contributed by atoms with van der Waals surface area (Å²) in [5.41, 5.74) is 0. The molecule has 0 aliphatic heterocycles. The van der Waals surface area contributed by atoms with E-state index >= 15 is 0 Å². The lowest BCUT2D eigenvalue weighted by Gasteiger charge is -2.09. The number of rotatable bonds is 6. The number of benzene rings is 1. The third-order valence-electron chi connectivity index (χ3n) is 3.38. The van der Waals surface area contributed by atoms with E-state index in [0.717, 1.165) is 26.6 Å².